The maximum Gasteiger partial charge on any atom is 0.422 e. The van der Waals surface area contributed by atoms with Gasteiger partial charge >= 0.3 is 12.2 Å². The molecule has 0 aliphatic rings. The van der Waals surface area contributed by atoms with Gasteiger partial charge in [0.05, 0.1) is 11.1 Å². The van der Waals surface area contributed by atoms with Gasteiger partial charge in [-0.15, -0.1) is 0 Å². The Labute approximate surface area is 130 Å². The molecule has 0 aliphatic carbocycles. The Morgan fingerprint density at radius 3 is 2.71 bits per heavy atom. The monoisotopic (exact) mass is 343 g/mol. The maximum atomic E-state index is 13.5. The number of phenols is 1. The Balaban J connectivity index is 2.20. The number of alkyl halides is 3. The molecule has 0 unspecified atom stereocenters. The molecule has 0 radical (unpaired) electrons. The molecule has 0 amide bonds. The Hall–Kier alpha value is -3.04. The van der Waals surface area contributed by atoms with Gasteiger partial charge in [-0.25, -0.2) is 8.96 Å². The molecule has 24 heavy (non-hydrogen) atoms. The van der Waals surface area contributed by atoms with Crippen molar-refractivity contribution in [3.05, 3.63) is 46.6 Å². The second-order valence-corrected chi connectivity index (χ2v) is 4.81. The summed E-state index contributed by atoms with van der Waals surface area (Å²) in [6.07, 6.45) is -3.26. The summed E-state index contributed by atoms with van der Waals surface area (Å²) < 4.78 is 56.1. The van der Waals surface area contributed by atoms with E-state index in [0.717, 1.165) is 18.2 Å². The SMILES string of the molecule is O=c1c2cc[nH]c2nc(OCC(F)(F)F)n1-c1ccc(O)c(F)c1. The molecule has 2 heterocycles. The minimum absolute atomic E-state index is 0.0349. The van der Waals surface area contributed by atoms with Crippen LogP contribution in [0.3, 0.4) is 0 Å². The van der Waals surface area contributed by atoms with Gasteiger partial charge in [-0.3, -0.25) is 4.79 Å². The van der Waals surface area contributed by atoms with Crippen LogP contribution in [0.2, 0.25) is 0 Å². The molecule has 10 heteroatoms. The molecule has 2 aromatic heterocycles. The number of H-pyrrole nitrogens is 1. The van der Waals surface area contributed by atoms with Gasteiger partial charge in [-0.1, -0.05) is 0 Å². The summed E-state index contributed by atoms with van der Waals surface area (Å²) in [6.45, 7) is -1.67. The molecule has 0 spiro atoms. The zero-order valence-electron chi connectivity index (χ0n) is 11.8. The lowest BCUT2D eigenvalue weighted by atomic mass is 10.2. The highest BCUT2D eigenvalue weighted by Gasteiger charge is 2.30. The number of hydrogen-bond donors (Lipinski definition) is 2. The molecule has 6 nitrogen and oxygen atoms in total. The van der Waals surface area contributed by atoms with Crippen LogP contribution in [0.5, 0.6) is 11.8 Å². The van der Waals surface area contributed by atoms with Crippen molar-refractivity contribution in [3.63, 3.8) is 0 Å². The van der Waals surface area contributed by atoms with Crippen molar-refractivity contribution < 1.29 is 27.4 Å². The van der Waals surface area contributed by atoms with Crippen molar-refractivity contribution in [1.82, 2.24) is 14.5 Å². The standard InChI is InChI=1S/C14H9F4N3O3/c15-9-5-7(1-2-10(9)22)21-12(23)8-3-4-19-11(8)20-13(21)24-6-14(16,17)18/h1-5,19,22H,6H2. The highest BCUT2D eigenvalue weighted by Crippen LogP contribution is 2.23. The number of aromatic amines is 1. The summed E-state index contributed by atoms with van der Waals surface area (Å²) in [5.74, 6) is -1.71. The molecule has 2 N–H and O–H groups in total. The number of aromatic hydroxyl groups is 1. The third-order valence-corrected chi connectivity index (χ3v) is 3.11. The zero-order chi connectivity index (χ0) is 17.5. The van der Waals surface area contributed by atoms with Crippen LogP contribution in [0.1, 0.15) is 0 Å². The lowest BCUT2D eigenvalue weighted by molar-refractivity contribution is -0.155. The average Bonchev–Trinajstić information content (AvgIpc) is 2.96. The number of phenolic OH excluding ortho intramolecular Hbond substituents is 1. The van der Waals surface area contributed by atoms with Crippen LogP contribution in [0.25, 0.3) is 16.7 Å². The topological polar surface area (TPSA) is 80.1 Å². The Morgan fingerprint density at radius 1 is 1.29 bits per heavy atom. The van der Waals surface area contributed by atoms with Gasteiger partial charge in [0.25, 0.3) is 5.56 Å². The van der Waals surface area contributed by atoms with Crippen molar-refractivity contribution in [2.24, 2.45) is 0 Å². The Kier molecular flexibility index (Phi) is 3.66. The Morgan fingerprint density at radius 2 is 2.04 bits per heavy atom. The fourth-order valence-corrected chi connectivity index (χ4v) is 2.08. The molecule has 0 atom stereocenters. The maximum absolute atomic E-state index is 13.5. The second-order valence-electron chi connectivity index (χ2n) is 4.81. The molecule has 126 valence electrons. The first-order chi connectivity index (χ1) is 11.3. The molecule has 0 saturated heterocycles. The summed E-state index contributed by atoms with van der Waals surface area (Å²) >= 11 is 0. The number of halogens is 4. The molecule has 0 aliphatic heterocycles. The molecule has 0 bridgehead atoms. The largest absolute Gasteiger partial charge is 0.505 e. The van der Waals surface area contributed by atoms with E-state index in [-0.39, 0.29) is 16.7 Å². The predicted octanol–water partition coefficient (Wildman–Crippen LogP) is 2.50. The summed E-state index contributed by atoms with van der Waals surface area (Å²) in [7, 11) is 0. The molecular formula is C14H9F4N3O3. The number of nitrogens with one attached hydrogen (secondary N) is 1. The smallest absolute Gasteiger partial charge is 0.422 e. The van der Waals surface area contributed by atoms with E-state index < -0.39 is 35.9 Å². The fraction of sp³-hybridized carbons (Fsp3) is 0.143. The van der Waals surface area contributed by atoms with E-state index in [1.54, 1.807) is 0 Å². The van der Waals surface area contributed by atoms with Gasteiger partial charge in [0.1, 0.15) is 5.65 Å². The van der Waals surface area contributed by atoms with Crippen molar-refractivity contribution >= 4 is 11.0 Å². The fourth-order valence-electron chi connectivity index (χ4n) is 2.08. The van der Waals surface area contributed by atoms with Crippen molar-refractivity contribution in [3.8, 4) is 17.4 Å². The minimum Gasteiger partial charge on any atom is -0.505 e. The molecule has 3 rings (SSSR count). The minimum atomic E-state index is -4.65. The lowest BCUT2D eigenvalue weighted by Gasteiger charge is -2.14. The van der Waals surface area contributed by atoms with Crippen molar-refractivity contribution in [2.75, 3.05) is 6.61 Å². The van der Waals surface area contributed by atoms with Gasteiger partial charge in [0, 0.05) is 12.3 Å². The summed E-state index contributed by atoms with van der Waals surface area (Å²) in [5.41, 5.74) is -0.848. The third-order valence-electron chi connectivity index (χ3n) is 3.11. The van der Waals surface area contributed by atoms with E-state index in [2.05, 4.69) is 14.7 Å². The number of rotatable bonds is 3. The molecule has 0 saturated carbocycles. The van der Waals surface area contributed by atoms with E-state index in [4.69, 9.17) is 0 Å². The quantitative estimate of drug-likeness (QED) is 0.716. The lowest BCUT2D eigenvalue weighted by Crippen LogP contribution is -2.26. The molecule has 0 fully saturated rings. The van der Waals surface area contributed by atoms with Gasteiger partial charge in [-0.05, 0) is 18.2 Å². The second kappa shape index (κ2) is 5.55. The third kappa shape index (κ3) is 2.90. The van der Waals surface area contributed by atoms with Crippen LogP contribution >= 0.6 is 0 Å². The summed E-state index contributed by atoms with van der Waals surface area (Å²) in [5, 5.41) is 9.30. The van der Waals surface area contributed by atoms with Crippen LogP contribution in [0, 0.1) is 5.82 Å². The molecule has 3 aromatic rings. The van der Waals surface area contributed by atoms with E-state index in [1.165, 1.54) is 12.3 Å². The van der Waals surface area contributed by atoms with Crippen LogP contribution in [-0.2, 0) is 0 Å². The normalized spacial score (nSPS) is 11.8. The average molecular weight is 343 g/mol. The number of fused-ring (bicyclic) bond motifs is 1. The zero-order valence-corrected chi connectivity index (χ0v) is 11.8. The molecule has 1 aromatic carbocycles. The van der Waals surface area contributed by atoms with Gasteiger partial charge in [0.2, 0.25) is 0 Å². The predicted molar refractivity (Wildman–Crippen MR) is 74.9 cm³/mol. The highest BCUT2D eigenvalue weighted by molar-refractivity contribution is 5.75. The van der Waals surface area contributed by atoms with Gasteiger partial charge < -0.3 is 14.8 Å². The van der Waals surface area contributed by atoms with Crippen LogP contribution in [0.4, 0.5) is 17.6 Å². The number of aromatic nitrogens is 3. The number of nitrogens with zero attached hydrogens (tertiary/aromatic N) is 2. The van der Waals surface area contributed by atoms with Crippen molar-refractivity contribution in [2.45, 2.75) is 6.18 Å². The van der Waals surface area contributed by atoms with Crippen LogP contribution in [-0.4, -0.2) is 32.4 Å². The summed E-state index contributed by atoms with van der Waals surface area (Å²) in [6, 6.07) is 3.63. The van der Waals surface area contributed by atoms with E-state index in [1.807, 2.05) is 0 Å². The molecular weight excluding hydrogens is 334 g/mol. The van der Waals surface area contributed by atoms with Crippen LogP contribution < -0.4 is 10.3 Å². The first kappa shape index (κ1) is 15.8. The van der Waals surface area contributed by atoms with Crippen molar-refractivity contribution in [1.29, 1.82) is 0 Å². The van der Waals surface area contributed by atoms with Gasteiger partial charge in [0.15, 0.2) is 18.2 Å². The Bertz CT molecular complexity index is 962. The first-order valence-electron chi connectivity index (χ1n) is 6.55. The van der Waals surface area contributed by atoms with E-state index in [0.29, 0.717) is 4.57 Å². The van der Waals surface area contributed by atoms with Crippen LogP contribution in [0.15, 0.2) is 35.3 Å². The summed E-state index contributed by atoms with van der Waals surface area (Å²) in [4.78, 5) is 18.9. The number of ether oxygens (including phenoxy) is 1. The number of benzene rings is 1. The van der Waals surface area contributed by atoms with E-state index >= 15 is 0 Å². The van der Waals surface area contributed by atoms with Gasteiger partial charge in [-0.2, -0.15) is 18.2 Å². The van der Waals surface area contributed by atoms with E-state index in [9.17, 15) is 27.5 Å². The first-order valence-corrected chi connectivity index (χ1v) is 6.55. The number of hydrogen-bond acceptors (Lipinski definition) is 4. The highest BCUT2D eigenvalue weighted by atomic mass is 19.4.